The fraction of sp³-hybridized carbons (Fsp3) is 0.263. The highest BCUT2D eigenvalue weighted by atomic mass is 32.1. The number of carbonyl (C=O) groups is 1. The van der Waals surface area contributed by atoms with Gasteiger partial charge in [-0.2, -0.15) is 0 Å². The lowest BCUT2D eigenvalue weighted by atomic mass is 10.0. The standard InChI is InChI=1S/C19H20N2O4S/c1-11-8-21-16(12(2)20-19(21)26-11)4-5-17(24)13-6-14(9-22)15(10-23)18(7-13)25-3/h4-8,22-23H,9-10H2,1-3H3/b5-4+. The zero-order chi connectivity index (χ0) is 18.8. The first-order valence-corrected chi connectivity index (χ1v) is 8.89. The van der Waals surface area contributed by atoms with Gasteiger partial charge < -0.3 is 14.9 Å². The van der Waals surface area contributed by atoms with Crippen LogP contribution in [0, 0.1) is 13.8 Å². The average molecular weight is 372 g/mol. The van der Waals surface area contributed by atoms with Gasteiger partial charge in [0.05, 0.1) is 31.7 Å². The van der Waals surface area contributed by atoms with E-state index in [-0.39, 0.29) is 19.0 Å². The number of methoxy groups -OCH3 is 1. The van der Waals surface area contributed by atoms with E-state index in [1.807, 2.05) is 24.4 Å². The van der Waals surface area contributed by atoms with Crippen molar-refractivity contribution in [2.75, 3.05) is 7.11 Å². The first kappa shape index (κ1) is 18.3. The lowest BCUT2D eigenvalue weighted by Gasteiger charge is -2.12. The number of benzene rings is 1. The van der Waals surface area contributed by atoms with Crippen LogP contribution in [0.5, 0.6) is 5.75 Å². The lowest BCUT2D eigenvalue weighted by Crippen LogP contribution is -2.04. The van der Waals surface area contributed by atoms with Gasteiger partial charge >= 0.3 is 0 Å². The zero-order valence-electron chi connectivity index (χ0n) is 14.8. The van der Waals surface area contributed by atoms with E-state index < -0.39 is 0 Å². The molecule has 3 rings (SSSR count). The van der Waals surface area contributed by atoms with Crippen molar-refractivity contribution in [3.8, 4) is 5.75 Å². The Balaban J connectivity index is 1.96. The van der Waals surface area contributed by atoms with Gasteiger partial charge in [-0.15, -0.1) is 11.3 Å². The number of carbonyl (C=O) groups excluding carboxylic acids is 1. The molecule has 6 nitrogen and oxygen atoms in total. The molecule has 3 aromatic rings. The summed E-state index contributed by atoms with van der Waals surface area (Å²) < 4.78 is 7.21. The SMILES string of the molecule is COc1cc(C(=O)/C=C/c2c(C)nc3sc(C)cn23)cc(CO)c1CO. The minimum absolute atomic E-state index is 0.219. The highest BCUT2D eigenvalue weighted by Gasteiger charge is 2.14. The number of imidazole rings is 1. The van der Waals surface area contributed by atoms with Crippen LogP contribution >= 0.6 is 11.3 Å². The molecule has 1 aromatic carbocycles. The van der Waals surface area contributed by atoms with Crippen molar-refractivity contribution < 1.29 is 19.7 Å². The van der Waals surface area contributed by atoms with Crippen molar-refractivity contribution in [3.05, 3.63) is 57.4 Å². The van der Waals surface area contributed by atoms with Gasteiger partial charge in [0, 0.05) is 22.2 Å². The van der Waals surface area contributed by atoms with Crippen molar-refractivity contribution in [2.24, 2.45) is 0 Å². The van der Waals surface area contributed by atoms with E-state index in [4.69, 9.17) is 4.74 Å². The molecule has 0 spiro atoms. The minimum atomic E-state index is -0.284. The van der Waals surface area contributed by atoms with Crippen LogP contribution < -0.4 is 4.74 Å². The second-order valence-electron chi connectivity index (χ2n) is 5.91. The molecule has 0 radical (unpaired) electrons. The summed E-state index contributed by atoms with van der Waals surface area (Å²) in [5.41, 5.74) is 3.06. The maximum absolute atomic E-state index is 12.6. The predicted octanol–water partition coefficient (Wildman–Crippen LogP) is 2.90. The van der Waals surface area contributed by atoms with E-state index in [1.54, 1.807) is 29.5 Å². The third kappa shape index (κ3) is 3.29. The Morgan fingerprint density at radius 3 is 2.73 bits per heavy atom. The van der Waals surface area contributed by atoms with Crippen LogP contribution in [0.15, 0.2) is 24.4 Å². The van der Waals surface area contributed by atoms with Crippen molar-refractivity contribution in [1.29, 1.82) is 0 Å². The highest BCUT2D eigenvalue weighted by Crippen LogP contribution is 2.26. The van der Waals surface area contributed by atoms with Crippen LogP contribution in [0.2, 0.25) is 0 Å². The molecular weight excluding hydrogens is 352 g/mol. The van der Waals surface area contributed by atoms with Crippen LogP contribution in [0.25, 0.3) is 11.0 Å². The third-order valence-electron chi connectivity index (χ3n) is 4.19. The van der Waals surface area contributed by atoms with Crippen LogP contribution in [0.4, 0.5) is 0 Å². The number of rotatable bonds is 6. The van der Waals surface area contributed by atoms with Gasteiger partial charge in [0.1, 0.15) is 5.75 Å². The van der Waals surface area contributed by atoms with Crippen LogP contribution in [0.3, 0.4) is 0 Å². The molecule has 0 bridgehead atoms. The summed E-state index contributed by atoms with van der Waals surface area (Å²) in [7, 11) is 1.46. The molecule has 0 atom stereocenters. The summed E-state index contributed by atoms with van der Waals surface area (Å²) in [5, 5.41) is 19.0. The Hall–Kier alpha value is -2.48. The Morgan fingerprint density at radius 1 is 1.31 bits per heavy atom. The van der Waals surface area contributed by atoms with Crippen molar-refractivity contribution in [1.82, 2.24) is 9.38 Å². The third-order valence-corrected chi connectivity index (χ3v) is 5.09. The molecule has 2 heterocycles. The minimum Gasteiger partial charge on any atom is -0.496 e. The summed E-state index contributed by atoms with van der Waals surface area (Å²) in [6.45, 7) is 3.36. The van der Waals surface area contributed by atoms with E-state index in [2.05, 4.69) is 4.98 Å². The number of aliphatic hydroxyl groups excluding tert-OH is 2. The first-order valence-electron chi connectivity index (χ1n) is 8.07. The predicted molar refractivity (Wildman–Crippen MR) is 101 cm³/mol. The summed E-state index contributed by atoms with van der Waals surface area (Å²) in [6.07, 6.45) is 5.22. The number of ketones is 1. The van der Waals surface area contributed by atoms with E-state index in [1.165, 1.54) is 13.2 Å². The van der Waals surface area contributed by atoms with Gasteiger partial charge in [-0.3, -0.25) is 9.20 Å². The number of allylic oxidation sites excluding steroid dienone is 1. The molecule has 0 amide bonds. The molecule has 0 saturated carbocycles. The second-order valence-corrected chi connectivity index (χ2v) is 7.12. The molecule has 0 aliphatic heterocycles. The largest absolute Gasteiger partial charge is 0.496 e. The number of thiazole rings is 1. The number of aromatic nitrogens is 2. The molecule has 136 valence electrons. The molecule has 0 fully saturated rings. The number of nitrogens with zero attached hydrogens (tertiary/aromatic N) is 2. The number of hydrogen-bond donors (Lipinski definition) is 2. The highest BCUT2D eigenvalue weighted by molar-refractivity contribution is 7.17. The van der Waals surface area contributed by atoms with Gasteiger partial charge in [0.25, 0.3) is 0 Å². The molecule has 2 aromatic heterocycles. The molecule has 0 unspecified atom stereocenters. The topological polar surface area (TPSA) is 84.1 Å². The van der Waals surface area contributed by atoms with Crippen molar-refractivity contribution in [2.45, 2.75) is 27.1 Å². The average Bonchev–Trinajstić information content (AvgIpc) is 3.12. The summed E-state index contributed by atoms with van der Waals surface area (Å²) in [4.78, 5) is 19.2. The quantitative estimate of drug-likeness (QED) is 0.513. The van der Waals surface area contributed by atoms with E-state index in [0.29, 0.717) is 22.4 Å². The summed E-state index contributed by atoms with van der Waals surface area (Å²) in [5.74, 6) is 0.163. The maximum Gasteiger partial charge on any atom is 0.194 e. The Bertz CT molecular complexity index is 976. The second kappa shape index (κ2) is 7.41. The van der Waals surface area contributed by atoms with Gasteiger partial charge in [-0.05, 0) is 43.7 Å². The smallest absolute Gasteiger partial charge is 0.194 e. The van der Waals surface area contributed by atoms with Crippen LogP contribution in [-0.2, 0) is 13.2 Å². The molecule has 0 saturated heterocycles. The molecule has 0 aliphatic rings. The Kier molecular flexibility index (Phi) is 5.22. The van der Waals surface area contributed by atoms with Crippen LogP contribution in [-0.4, -0.2) is 32.5 Å². The molecule has 2 N–H and O–H groups in total. The maximum atomic E-state index is 12.6. The Labute approximate surface area is 155 Å². The summed E-state index contributed by atoms with van der Waals surface area (Å²) >= 11 is 1.60. The van der Waals surface area contributed by atoms with E-state index in [9.17, 15) is 15.0 Å². The van der Waals surface area contributed by atoms with E-state index in [0.717, 1.165) is 21.2 Å². The summed E-state index contributed by atoms with van der Waals surface area (Å²) in [6, 6.07) is 3.15. The fourth-order valence-electron chi connectivity index (χ4n) is 2.88. The van der Waals surface area contributed by atoms with Crippen molar-refractivity contribution in [3.63, 3.8) is 0 Å². The first-order chi connectivity index (χ1) is 12.5. The van der Waals surface area contributed by atoms with Gasteiger partial charge in [0.15, 0.2) is 10.7 Å². The number of hydrogen-bond acceptors (Lipinski definition) is 6. The molecular formula is C19H20N2O4S. The monoisotopic (exact) mass is 372 g/mol. The number of ether oxygens (including phenoxy) is 1. The lowest BCUT2D eigenvalue weighted by molar-refractivity contribution is 0.104. The van der Waals surface area contributed by atoms with Gasteiger partial charge in [-0.1, -0.05) is 0 Å². The molecule has 0 aliphatic carbocycles. The number of aliphatic hydroxyl groups is 2. The number of aryl methyl sites for hydroxylation is 2. The van der Waals surface area contributed by atoms with Crippen LogP contribution in [0.1, 0.15) is 37.7 Å². The normalized spacial score (nSPS) is 11.6. The Morgan fingerprint density at radius 2 is 2.08 bits per heavy atom. The molecule has 26 heavy (non-hydrogen) atoms. The zero-order valence-corrected chi connectivity index (χ0v) is 15.6. The van der Waals surface area contributed by atoms with Gasteiger partial charge in [0.2, 0.25) is 0 Å². The van der Waals surface area contributed by atoms with E-state index >= 15 is 0 Å². The van der Waals surface area contributed by atoms with Gasteiger partial charge in [-0.25, -0.2) is 4.98 Å². The molecule has 7 heteroatoms. The van der Waals surface area contributed by atoms with Crippen molar-refractivity contribution >= 4 is 28.2 Å². The number of fused-ring (bicyclic) bond motifs is 1. The fourth-order valence-corrected chi connectivity index (χ4v) is 3.76.